The number of esters is 1. The summed E-state index contributed by atoms with van der Waals surface area (Å²) in [6.45, 7) is 4.30. The highest BCUT2D eigenvalue weighted by Gasteiger charge is 2.33. The molecular weight excluding hydrogens is 394 g/mol. The van der Waals surface area contributed by atoms with Gasteiger partial charge in [-0.15, -0.1) is 10.2 Å². The Bertz CT molecular complexity index is 883. The highest BCUT2D eigenvalue weighted by molar-refractivity contribution is 7.13. The number of nitrogens with one attached hydrogen (secondary N) is 2. The van der Waals surface area contributed by atoms with Gasteiger partial charge in [-0.2, -0.15) is 0 Å². The second kappa shape index (κ2) is 9.46. The van der Waals surface area contributed by atoms with Crippen molar-refractivity contribution >= 4 is 34.9 Å². The monoisotopic (exact) mass is 417 g/mol. The van der Waals surface area contributed by atoms with Crippen LogP contribution < -0.4 is 10.6 Å². The predicted octanol–water partition coefficient (Wildman–Crippen LogP) is 2.51. The van der Waals surface area contributed by atoms with Crippen molar-refractivity contribution in [3.05, 3.63) is 39.8 Å². The first-order valence-electron chi connectivity index (χ1n) is 9.39. The lowest BCUT2D eigenvalue weighted by molar-refractivity contribution is -0.141. The summed E-state index contributed by atoms with van der Waals surface area (Å²) in [5.74, 6) is -0.823. The van der Waals surface area contributed by atoms with E-state index >= 15 is 0 Å². The van der Waals surface area contributed by atoms with Crippen molar-refractivity contribution < 1.29 is 19.1 Å². The number of anilines is 1. The van der Waals surface area contributed by atoms with Crippen molar-refractivity contribution in [1.82, 2.24) is 20.4 Å². The van der Waals surface area contributed by atoms with Crippen molar-refractivity contribution in [3.63, 3.8) is 0 Å². The molecule has 1 fully saturated rings. The molecule has 1 aromatic carbocycles. The number of carbonyl (C=O) groups is 3. The number of likely N-dealkylation sites (tertiary alicyclic amines) is 1. The maximum absolute atomic E-state index is 12.4. The van der Waals surface area contributed by atoms with Crippen LogP contribution in [0.4, 0.5) is 10.5 Å². The van der Waals surface area contributed by atoms with Gasteiger partial charge < -0.3 is 20.3 Å². The molecule has 2 heterocycles. The third kappa shape index (κ3) is 5.29. The molecule has 1 atom stereocenters. The smallest absolute Gasteiger partial charge is 0.325 e. The minimum atomic E-state index is -0.484. The molecule has 0 radical (unpaired) electrons. The van der Waals surface area contributed by atoms with Gasteiger partial charge in [-0.1, -0.05) is 29.0 Å². The molecule has 3 rings (SSSR count). The lowest BCUT2D eigenvalue weighted by Gasteiger charge is -2.22. The maximum atomic E-state index is 12.4. The number of hydrogen-bond acceptors (Lipinski definition) is 7. The summed E-state index contributed by atoms with van der Waals surface area (Å²) >= 11 is 1.17. The lowest BCUT2D eigenvalue weighted by atomic mass is 10.2. The Labute approximate surface area is 172 Å². The van der Waals surface area contributed by atoms with Gasteiger partial charge in [-0.25, -0.2) is 4.79 Å². The molecule has 2 aromatic rings. The number of aryl methyl sites for hydroxylation is 1. The third-order valence-corrected chi connectivity index (χ3v) is 5.46. The first kappa shape index (κ1) is 20.7. The topological polar surface area (TPSA) is 114 Å². The van der Waals surface area contributed by atoms with Crippen molar-refractivity contribution in [2.45, 2.75) is 32.7 Å². The normalized spacial score (nSPS) is 15.8. The standard InChI is InChI=1S/C19H23N5O4S/c1-3-28-15(25)11-20-19(27)24-10-4-5-14(24)17-22-23-18(29-17)16(26)21-13-8-6-12(2)7-9-13/h6-9,14H,3-5,10-11H2,1-2H3,(H,20,27)(H,21,26)/t14-/m0/s1. The van der Waals surface area contributed by atoms with Crippen LogP contribution in [0, 0.1) is 6.92 Å². The number of urea groups is 1. The summed E-state index contributed by atoms with van der Waals surface area (Å²) < 4.78 is 4.81. The number of carbonyl (C=O) groups excluding carboxylic acids is 3. The zero-order valence-electron chi connectivity index (χ0n) is 16.3. The fourth-order valence-corrected chi connectivity index (χ4v) is 3.90. The number of ether oxygens (including phenoxy) is 1. The first-order valence-corrected chi connectivity index (χ1v) is 10.2. The fourth-order valence-electron chi connectivity index (χ4n) is 3.01. The first-order chi connectivity index (χ1) is 14.0. The van der Waals surface area contributed by atoms with E-state index in [2.05, 4.69) is 20.8 Å². The van der Waals surface area contributed by atoms with Gasteiger partial charge in [-0.05, 0) is 38.8 Å². The average Bonchev–Trinajstić information content (AvgIpc) is 3.37. The quantitative estimate of drug-likeness (QED) is 0.698. The molecule has 0 bridgehead atoms. The molecule has 3 amide bonds. The molecule has 1 aromatic heterocycles. The van der Waals surface area contributed by atoms with Crippen LogP contribution >= 0.6 is 11.3 Å². The van der Waals surface area contributed by atoms with Crippen LogP contribution in [0.5, 0.6) is 0 Å². The van der Waals surface area contributed by atoms with Crippen LogP contribution in [0.15, 0.2) is 24.3 Å². The van der Waals surface area contributed by atoms with Gasteiger partial charge >= 0.3 is 12.0 Å². The van der Waals surface area contributed by atoms with E-state index in [4.69, 9.17) is 4.74 Å². The number of rotatable bonds is 6. The van der Waals surface area contributed by atoms with Crippen molar-refractivity contribution in [3.8, 4) is 0 Å². The molecule has 0 spiro atoms. The Morgan fingerprint density at radius 3 is 2.72 bits per heavy atom. The van der Waals surface area contributed by atoms with Gasteiger partial charge in [0.25, 0.3) is 5.91 Å². The van der Waals surface area contributed by atoms with Crippen molar-refractivity contribution in [2.75, 3.05) is 25.0 Å². The van der Waals surface area contributed by atoms with E-state index < -0.39 is 5.97 Å². The summed E-state index contributed by atoms with van der Waals surface area (Å²) in [5, 5.41) is 14.3. The van der Waals surface area contributed by atoms with E-state index in [1.165, 1.54) is 11.3 Å². The van der Waals surface area contributed by atoms with E-state index in [-0.39, 0.29) is 36.1 Å². The minimum Gasteiger partial charge on any atom is -0.465 e. The SMILES string of the molecule is CCOC(=O)CNC(=O)N1CCC[C@H]1c1nnc(C(=O)Nc2ccc(C)cc2)s1. The minimum absolute atomic E-state index is 0.184. The fraction of sp³-hybridized carbons (Fsp3) is 0.421. The zero-order valence-corrected chi connectivity index (χ0v) is 17.1. The number of aromatic nitrogens is 2. The van der Waals surface area contributed by atoms with Crippen LogP contribution in [-0.4, -0.2) is 52.7 Å². The average molecular weight is 417 g/mol. The highest BCUT2D eigenvalue weighted by Crippen LogP contribution is 2.33. The molecule has 1 aliphatic rings. The summed E-state index contributed by atoms with van der Waals surface area (Å²) in [6.07, 6.45) is 1.53. The van der Waals surface area contributed by atoms with Crippen molar-refractivity contribution in [1.29, 1.82) is 0 Å². The molecule has 1 aliphatic heterocycles. The van der Waals surface area contributed by atoms with E-state index in [1.54, 1.807) is 11.8 Å². The number of hydrogen-bond donors (Lipinski definition) is 2. The van der Waals surface area contributed by atoms with Crippen molar-refractivity contribution in [2.24, 2.45) is 0 Å². The second-order valence-corrected chi connectivity index (χ2v) is 7.59. The van der Waals surface area contributed by atoms with E-state index in [0.29, 0.717) is 17.2 Å². The van der Waals surface area contributed by atoms with E-state index in [1.807, 2.05) is 31.2 Å². The van der Waals surface area contributed by atoms with E-state index in [9.17, 15) is 14.4 Å². The molecule has 0 saturated carbocycles. The summed E-state index contributed by atoms with van der Waals surface area (Å²) in [4.78, 5) is 37.9. The number of amides is 3. The molecular formula is C19H23N5O4S. The molecule has 29 heavy (non-hydrogen) atoms. The largest absolute Gasteiger partial charge is 0.465 e. The van der Waals surface area contributed by atoms with Gasteiger partial charge in [0.05, 0.1) is 12.6 Å². The molecule has 10 heteroatoms. The van der Waals surface area contributed by atoms with Crippen LogP contribution in [0.3, 0.4) is 0 Å². The summed E-state index contributed by atoms with van der Waals surface area (Å²) in [5.41, 5.74) is 1.78. The molecule has 0 unspecified atom stereocenters. The summed E-state index contributed by atoms with van der Waals surface area (Å²) in [7, 11) is 0. The van der Waals surface area contributed by atoms with Crippen LogP contribution in [0.25, 0.3) is 0 Å². The van der Waals surface area contributed by atoms with Gasteiger partial charge in [0.1, 0.15) is 11.6 Å². The third-order valence-electron chi connectivity index (χ3n) is 4.43. The molecule has 1 saturated heterocycles. The van der Waals surface area contributed by atoms with E-state index in [0.717, 1.165) is 18.4 Å². The second-order valence-electron chi connectivity index (χ2n) is 6.58. The Morgan fingerprint density at radius 2 is 2.00 bits per heavy atom. The molecule has 154 valence electrons. The Balaban J connectivity index is 1.62. The van der Waals surface area contributed by atoms with Gasteiger partial charge in [0, 0.05) is 12.2 Å². The Morgan fingerprint density at radius 1 is 1.24 bits per heavy atom. The Hall–Kier alpha value is -3.01. The lowest BCUT2D eigenvalue weighted by Crippen LogP contribution is -2.42. The van der Waals surface area contributed by atoms with Crippen LogP contribution in [-0.2, 0) is 9.53 Å². The molecule has 9 nitrogen and oxygen atoms in total. The van der Waals surface area contributed by atoms with Crippen LogP contribution in [0.1, 0.15) is 46.2 Å². The van der Waals surface area contributed by atoms with Gasteiger partial charge in [0.15, 0.2) is 0 Å². The van der Waals surface area contributed by atoms with Gasteiger partial charge in [-0.3, -0.25) is 9.59 Å². The zero-order chi connectivity index (χ0) is 20.8. The number of benzene rings is 1. The predicted molar refractivity (Wildman–Crippen MR) is 108 cm³/mol. The highest BCUT2D eigenvalue weighted by atomic mass is 32.1. The van der Waals surface area contributed by atoms with Gasteiger partial charge in [0.2, 0.25) is 5.01 Å². The van der Waals surface area contributed by atoms with Crippen LogP contribution in [0.2, 0.25) is 0 Å². The number of nitrogens with zero attached hydrogens (tertiary/aromatic N) is 3. The summed E-state index contributed by atoms with van der Waals surface area (Å²) in [6, 6.07) is 6.83. The molecule has 0 aliphatic carbocycles. The molecule has 2 N–H and O–H groups in total. The Kier molecular flexibility index (Phi) is 6.76. The maximum Gasteiger partial charge on any atom is 0.325 e.